The summed E-state index contributed by atoms with van der Waals surface area (Å²) in [6, 6.07) is 9.22. The molecule has 2 amide bonds. The topological polar surface area (TPSA) is 166 Å². The first-order valence-corrected chi connectivity index (χ1v) is 10.4. The number of benzene rings is 2. The third-order valence-corrected chi connectivity index (χ3v) is 5.58. The first kappa shape index (κ1) is 22.0. The Morgan fingerprint density at radius 1 is 1.03 bits per heavy atom. The van der Waals surface area contributed by atoms with Crippen LogP contribution in [0.3, 0.4) is 0 Å². The maximum atomic E-state index is 12.2. The number of sulfonamides is 1. The van der Waals surface area contributed by atoms with Crippen LogP contribution >= 0.6 is 0 Å². The van der Waals surface area contributed by atoms with Crippen LogP contribution in [0.5, 0.6) is 11.5 Å². The Morgan fingerprint density at radius 2 is 1.81 bits per heavy atom. The van der Waals surface area contributed by atoms with Gasteiger partial charge in [0.1, 0.15) is 0 Å². The number of non-ortho nitro benzene ring substituents is 1. The highest BCUT2D eigenvalue weighted by molar-refractivity contribution is 7.89. The number of rotatable bonds is 9. The van der Waals surface area contributed by atoms with Crippen molar-refractivity contribution in [3.05, 3.63) is 58.1 Å². The van der Waals surface area contributed by atoms with E-state index in [0.717, 1.165) is 6.07 Å². The summed E-state index contributed by atoms with van der Waals surface area (Å²) in [6.45, 7) is -0.432. The zero-order valence-corrected chi connectivity index (χ0v) is 16.8. The van der Waals surface area contributed by atoms with Crippen molar-refractivity contribution in [1.82, 2.24) is 15.4 Å². The molecule has 1 aliphatic rings. The number of fused-ring (bicyclic) bond motifs is 1. The normalized spacial score (nSPS) is 12.3. The van der Waals surface area contributed by atoms with Crippen LogP contribution in [0, 0.1) is 10.1 Å². The highest BCUT2D eigenvalue weighted by Crippen LogP contribution is 2.32. The van der Waals surface area contributed by atoms with Gasteiger partial charge in [0.2, 0.25) is 22.7 Å². The molecular formula is C18H18N4O8S. The van der Waals surface area contributed by atoms with Crippen molar-refractivity contribution in [3.63, 3.8) is 0 Å². The molecule has 0 bridgehead atoms. The standard InChI is InChI=1S/C18H18N4O8S/c23-17(10-20-18(24)12-4-5-15-16(8-12)30-11-29-15)19-6-7-21-31(27,28)14-3-1-2-13(9-14)22(25)26/h1-5,8-9,21H,6-7,10-11H2,(H,19,23)(H,20,24). The second-order valence-corrected chi connectivity index (χ2v) is 8.02. The summed E-state index contributed by atoms with van der Waals surface area (Å²) in [6.07, 6.45) is 0. The first-order valence-electron chi connectivity index (χ1n) is 8.95. The lowest BCUT2D eigenvalue weighted by Gasteiger charge is -2.09. The van der Waals surface area contributed by atoms with E-state index in [1.165, 1.54) is 30.3 Å². The number of carbonyl (C=O) groups excluding carboxylic acids is 2. The molecule has 0 fully saturated rings. The fraction of sp³-hybridized carbons (Fsp3) is 0.222. The SMILES string of the molecule is O=C(CNC(=O)c1ccc2c(c1)OCO2)NCCNS(=O)(=O)c1cccc([N+](=O)[O-])c1. The number of amides is 2. The Labute approximate surface area is 176 Å². The Hall–Kier alpha value is -3.71. The molecule has 2 aromatic carbocycles. The summed E-state index contributed by atoms with van der Waals surface area (Å²) in [5, 5.41) is 15.7. The molecular weight excluding hydrogens is 432 g/mol. The molecule has 13 heteroatoms. The van der Waals surface area contributed by atoms with Gasteiger partial charge in [-0.25, -0.2) is 13.1 Å². The van der Waals surface area contributed by atoms with E-state index in [0.29, 0.717) is 17.1 Å². The molecule has 0 unspecified atom stereocenters. The molecule has 2 aromatic rings. The molecule has 12 nitrogen and oxygen atoms in total. The molecule has 0 spiro atoms. The van der Waals surface area contributed by atoms with Crippen molar-refractivity contribution in [3.8, 4) is 11.5 Å². The van der Waals surface area contributed by atoms with E-state index in [-0.39, 0.29) is 37.0 Å². The Balaban J connectivity index is 1.41. The van der Waals surface area contributed by atoms with Gasteiger partial charge in [0.05, 0.1) is 16.4 Å². The lowest BCUT2D eigenvalue weighted by atomic mass is 10.2. The zero-order valence-electron chi connectivity index (χ0n) is 16.0. The predicted molar refractivity (Wildman–Crippen MR) is 106 cm³/mol. The molecule has 31 heavy (non-hydrogen) atoms. The van der Waals surface area contributed by atoms with Gasteiger partial charge in [-0.05, 0) is 24.3 Å². The summed E-state index contributed by atoms with van der Waals surface area (Å²) < 4.78 is 36.9. The number of nitro groups is 1. The zero-order chi connectivity index (χ0) is 22.4. The van der Waals surface area contributed by atoms with E-state index in [4.69, 9.17) is 9.47 Å². The summed E-state index contributed by atoms with van der Waals surface area (Å²) in [4.78, 5) is 33.8. The van der Waals surface area contributed by atoms with Gasteiger partial charge in [0, 0.05) is 30.8 Å². The van der Waals surface area contributed by atoms with Gasteiger partial charge >= 0.3 is 0 Å². The second-order valence-electron chi connectivity index (χ2n) is 6.25. The van der Waals surface area contributed by atoms with Crippen molar-refractivity contribution in [2.75, 3.05) is 26.4 Å². The van der Waals surface area contributed by atoms with E-state index >= 15 is 0 Å². The molecule has 1 heterocycles. The maximum absolute atomic E-state index is 12.2. The van der Waals surface area contributed by atoms with Crippen LogP contribution in [0.1, 0.15) is 10.4 Å². The smallest absolute Gasteiger partial charge is 0.270 e. The highest BCUT2D eigenvalue weighted by atomic mass is 32.2. The maximum Gasteiger partial charge on any atom is 0.270 e. The van der Waals surface area contributed by atoms with Crippen molar-refractivity contribution in [1.29, 1.82) is 0 Å². The van der Waals surface area contributed by atoms with Crippen molar-refractivity contribution < 1.29 is 32.4 Å². The van der Waals surface area contributed by atoms with Gasteiger partial charge in [0.25, 0.3) is 11.6 Å². The van der Waals surface area contributed by atoms with E-state index in [2.05, 4.69) is 15.4 Å². The minimum Gasteiger partial charge on any atom is -0.454 e. The fourth-order valence-corrected chi connectivity index (χ4v) is 3.67. The largest absolute Gasteiger partial charge is 0.454 e. The van der Waals surface area contributed by atoms with Gasteiger partial charge < -0.3 is 20.1 Å². The minimum atomic E-state index is -3.98. The lowest BCUT2D eigenvalue weighted by molar-refractivity contribution is -0.385. The van der Waals surface area contributed by atoms with Gasteiger partial charge in [-0.2, -0.15) is 0 Å². The molecule has 3 N–H and O–H groups in total. The average Bonchev–Trinajstić information content (AvgIpc) is 3.23. The second kappa shape index (κ2) is 9.40. The number of nitrogens with zero attached hydrogens (tertiary/aromatic N) is 1. The molecule has 164 valence electrons. The van der Waals surface area contributed by atoms with Crippen molar-refractivity contribution in [2.45, 2.75) is 4.90 Å². The van der Waals surface area contributed by atoms with Gasteiger partial charge in [-0.1, -0.05) is 6.07 Å². The molecule has 3 rings (SSSR count). The molecule has 0 saturated heterocycles. The summed E-state index contributed by atoms with van der Waals surface area (Å²) in [5.41, 5.74) is -0.0591. The Morgan fingerprint density at radius 3 is 2.58 bits per heavy atom. The number of nitrogens with one attached hydrogen (secondary N) is 3. The van der Waals surface area contributed by atoms with Crippen molar-refractivity contribution in [2.24, 2.45) is 0 Å². The number of nitro benzene ring substituents is 1. The van der Waals surface area contributed by atoms with E-state index in [1.807, 2.05) is 0 Å². The molecule has 0 aliphatic carbocycles. The number of ether oxygens (including phenoxy) is 2. The third kappa shape index (κ3) is 5.67. The molecule has 1 aliphatic heterocycles. The molecule has 0 radical (unpaired) electrons. The van der Waals surface area contributed by atoms with Crippen LogP contribution in [0.25, 0.3) is 0 Å². The summed E-state index contributed by atoms with van der Waals surface area (Å²) in [7, 11) is -3.98. The van der Waals surface area contributed by atoms with Crippen LogP contribution in [-0.2, 0) is 14.8 Å². The number of hydrogen-bond acceptors (Lipinski definition) is 8. The van der Waals surface area contributed by atoms with Crippen LogP contribution in [0.2, 0.25) is 0 Å². The van der Waals surface area contributed by atoms with Crippen LogP contribution in [0.15, 0.2) is 47.4 Å². The van der Waals surface area contributed by atoms with Gasteiger partial charge in [0.15, 0.2) is 11.5 Å². The highest BCUT2D eigenvalue weighted by Gasteiger charge is 2.18. The lowest BCUT2D eigenvalue weighted by Crippen LogP contribution is -2.40. The van der Waals surface area contributed by atoms with Crippen molar-refractivity contribution >= 4 is 27.5 Å². The molecule has 0 saturated carbocycles. The minimum absolute atomic E-state index is 0.0487. The number of hydrogen-bond donors (Lipinski definition) is 3. The van der Waals surface area contributed by atoms with Crippen LogP contribution < -0.4 is 24.8 Å². The monoisotopic (exact) mass is 450 g/mol. The molecule has 0 aromatic heterocycles. The third-order valence-electron chi connectivity index (χ3n) is 4.12. The average molecular weight is 450 g/mol. The van der Waals surface area contributed by atoms with Crippen LogP contribution in [0.4, 0.5) is 5.69 Å². The van der Waals surface area contributed by atoms with E-state index in [1.54, 1.807) is 6.07 Å². The quantitative estimate of drug-likeness (QED) is 0.276. The Kier molecular flexibility index (Phi) is 6.67. The fourth-order valence-electron chi connectivity index (χ4n) is 2.60. The number of carbonyl (C=O) groups is 2. The summed E-state index contributed by atoms with van der Waals surface area (Å²) in [5.74, 6) is -0.0431. The van der Waals surface area contributed by atoms with Gasteiger partial charge in [-0.3, -0.25) is 19.7 Å². The van der Waals surface area contributed by atoms with E-state index in [9.17, 15) is 28.1 Å². The summed E-state index contributed by atoms with van der Waals surface area (Å²) >= 11 is 0. The first-order chi connectivity index (χ1) is 14.8. The van der Waals surface area contributed by atoms with Gasteiger partial charge in [-0.15, -0.1) is 0 Å². The van der Waals surface area contributed by atoms with Crippen LogP contribution in [-0.4, -0.2) is 51.6 Å². The Bertz CT molecular complexity index is 1120. The molecule has 0 atom stereocenters. The van der Waals surface area contributed by atoms with E-state index < -0.39 is 26.8 Å². The predicted octanol–water partition coefficient (Wildman–Crippen LogP) is 0.148.